The summed E-state index contributed by atoms with van der Waals surface area (Å²) in [5.74, 6) is -0.868. The zero-order valence-corrected chi connectivity index (χ0v) is 22.2. The Hall–Kier alpha value is -0.240. The maximum Gasteiger partial charge on any atom is 0.190 e. The highest BCUT2D eigenvalue weighted by molar-refractivity contribution is 5.01. The summed E-state index contributed by atoms with van der Waals surface area (Å²) in [5, 5.41) is 0. The van der Waals surface area contributed by atoms with Gasteiger partial charge in [-0.2, -0.15) is 0 Å². The minimum Gasteiger partial charge on any atom is -0.372 e. The van der Waals surface area contributed by atoms with Gasteiger partial charge in [0.05, 0.1) is 6.61 Å². The van der Waals surface area contributed by atoms with E-state index in [1.54, 1.807) is 0 Å². The van der Waals surface area contributed by atoms with Crippen LogP contribution in [0.1, 0.15) is 129 Å². The minimum atomic E-state index is -0.463. The van der Waals surface area contributed by atoms with Crippen LogP contribution in [0.5, 0.6) is 0 Å². The first-order chi connectivity index (χ1) is 17.2. The Morgan fingerprint density at radius 2 is 1.29 bits per heavy atom. The number of rotatable bonds is 12. The highest BCUT2D eigenvalue weighted by atomic mass is 16.9. The quantitative estimate of drug-likeness (QED) is 0.279. The molecule has 0 amide bonds. The van der Waals surface area contributed by atoms with E-state index in [4.69, 9.17) is 28.4 Å². The average molecular weight is 495 g/mol. The molecule has 202 valence electrons. The predicted molar refractivity (Wildman–Crippen MR) is 134 cm³/mol. The van der Waals surface area contributed by atoms with Crippen LogP contribution in [0.3, 0.4) is 0 Å². The van der Waals surface area contributed by atoms with Gasteiger partial charge < -0.3 is 28.4 Å². The molecule has 2 aliphatic carbocycles. The summed E-state index contributed by atoms with van der Waals surface area (Å²) >= 11 is 0. The fourth-order valence-corrected chi connectivity index (χ4v) is 6.90. The van der Waals surface area contributed by atoms with E-state index in [0.717, 1.165) is 51.6 Å². The van der Waals surface area contributed by atoms with Crippen LogP contribution in [-0.2, 0) is 28.4 Å². The minimum absolute atomic E-state index is 0.110. The number of hydrogen-bond donors (Lipinski definition) is 0. The molecular formula is C29H50O6. The number of fused-ring (bicyclic) bond motifs is 1. The molecule has 0 bridgehead atoms. The fourth-order valence-electron chi connectivity index (χ4n) is 6.90. The van der Waals surface area contributed by atoms with E-state index in [0.29, 0.717) is 6.61 Å². The summed E-state index contributed by atoms with van der Waals surface area (Å²) in [4.78, 5) is 0. The molecule has 3 heterocycles. The lowest BCUT2D eigenvalue weighted by Gasteiger charge is -2.35. The van der Waals surface area contributed by atoms with Gasteiger partial charge >= 0.3 is 0 Å². The standard InChI is InChI=1S/C29H50O6/c1-2-3-4-5-6-7-8-9-16-21-30-25-24(23-22-31-28(33-23)17-12-10-13-18-28)32-27-26(25)34-29(35-27)19-14-11-15-20-29/h23-27H,2-22H2,1H3. The second-order valence-corrected chi connectivity index (χ2v) is 11.7. The first-order valence-electron chi connectivity index (χ1n) is 15.2. The van der Waals surface area contributed by atoms with Gasteiger partial charge in [-0.3, -0.25) is 0 Å². The van der Waals surface area contributed by atoms with Crippen molar-refractivity contribution in [2.75, 3.05) is 13.2 Å². The van der Waals surface area contributed by atoms with Crippen LogP contribution in [0.2, 0.25) is 0 Å². The van der Waals surface area contributed by atoms with E-state index in [1.165, 1.54) is 77.0 Å². The summed E-state index contributed by atoms with van der Waals surface area (Å²) in [6.07, 6.45) is 22.0. The zero-order valence-electron chi connectivity index (χ0n) is 22.2. The molecule has 6 nitrogen and oxygen atoms in total. The summed E-state index contributed by atoms with van der Waals surface area (Å²) in [6.45, 7) is 3.60. The lowest BCUT2D eigenvalue weighted by atomic mass is 9.94. The van der Waals surface area contributed by atoms with Crippen molar-refractivity contribution < 1.29 is 28.4 Å². The number of hydrogen-bond acceptors (Lipinski definition) is 6. The van der Waals surface area contributed by atoms with Crippen molar-refractivity contribution in [2.45, 2.75) is 171 Å². The Kier molecular flexibility index (Phi) is 9.45. The van der Waals surface area contributed by atoms with Gasteiger partial charge in [-0.1, -0.05) is 71.1 Å². The Balaban J connectivity index is 1.12. The molecule has 2 spiro atoms. The third kappa shape index (κ3) is 6.43. The summed E-state index contributed by atoms with van der Waals surface area (Å²) < 4.78 is 39.0. The van der Waals surface area contributed by atoms with E-state index in [2.05, 4.69) is 6.92 Å². The monoisotopic (exact) mass is 494 g/mol. The van der Waals surface area contributed by atoms with Gasteiger partial charge in [-0.15, -0.1) is 0 Å². The predicted octanol–water partition coefficient (Wildman–Crippen LogP) is 6.78. The Morgan fingerprint density at radius 3 is 1.97 bits per heavy atom. The van der Waals surface area contributed by atoms with Gasteiger partial charge in [0.15, 0.2) is 17.9 Å². The molecule has 5 aliphatic rings. The summed E-state index contributed by atoms with van der Waals surface area (Å²) in [6, 6.07) is 0. The number of ether oxygens (including phenoxy) is 6. The molecule has 5 rings (SSSR count). The fraction of sp³-hybridized carbons (Fsp3) is 1.00. The van der Waals surface area contributed by atoms with Crippen molar-refractivity contribution in [2.24, 2.45) is 0 Å². The topological polar surface area (TPSA) is 55.4 Å². The van der Waals surface area contributed by atoms with Crippen molar-refractivity contribution in [1.29, 1.82) is 0 Å². The van der Waals surface area contributed by atoms with Gasteiger partial charge in [0.1, 0.15) is 24.4 Å². The van der Waals surface area contributed by atoms with E-state index in [-0.39, 0.29) is 30.7 Å². The molecular weight excluding hydrogens is 444 g/mol. The van der Waals surface area contributed by atoms with Gasteiger partial charge in [-0.25, -0.2) is 0 Å². The molecule has 5 unspecified atom stereocenters. The van der Waals surface area contributed by atoms with Crippen molar-refractivity contribution in [3.05, 3.63) is 0 Å². The molecule has 0 aromatic rings. The molecule has 0 aromatic heterocycles. The van der Waals surface area contributed by atoms with Crippen molar-refractivity contribution in [3.63, 3.8) is 0 Å². The largest absolute Gasteiger partial charge is 0.372 e. The normalized spacial score (nSPS) is 35.7. The smallest absolute Gasteiger partial charge is 0.190 e. The van der Waals surface area contributed by atoms with Crippen LogP contribution in [-0.4, -0.2) is 55.5 Å². The molecule has 0 radical (unpaired) electrons. The lowest BCUT2D eigenvalue weighted by molar-refractivity contribution is -0.262. The van der Waals surface area contributed by atoms with Crippen LogP contribution in [0.25, 0.3) is 0 Å². The van der Waals surface area contributed by atoms with Gasteiger partial charge in [0, 0.05) is 32.3 Å². The van der Waals surface area contributed by atoms with E-state index >= 15 is 0 Å². The second kappa shape index (κ2) is 12.5. The van der Waals surface area contributed by atoms with Crippen molar-refractivity contribution in [1.82, 2.24) is 0 Å². The molecule has 2 saturated carbocycles. The maximum atomic E-state index is 6.63. The zero-order chi connectivity index (χ0) is 24.0. The highest BCUT2D eigenvalue weighted by Crippen LogP contribution is 2.48. The van der Waals surface area contributed by atoms with Crippen LogP contribution in [0.4, 0.5) is 0 Å². The third-order valence-corrected chi connectivity index (χ3v) is 8.92. The molecule has 5 fully saturated rings. The lowest BCUT2D eigenvalue weighted by Crippen LogP contribution is -2.46. The molecule has 6 heteroatoms. The third-order valence-electron chi connectivity index (χ3n) is 8.92. The highest BCUT2D eigenvalue weighted by Gasteiger charge is 2.61. The van der Waals surface area contributed by atoms with Crippen molar-refractivity contribution >= 4 is 0 Å². The van der Waals surface area contributed by atoms with E-state index in [9.17, 15) is 0 Å². The van der Waals surface area contributed by atoms with Gasteiger partial charge in [0.2, 0.25) is 0 Å². The number of unbranched alkanes of at least 4 members (excludes halogenated alkanes) is 8. The van der Waals surface area contributed by atoms with Crippen LogP contribution < -0.4 is 0 Å². The summed E-state index contributed by atoms with van der Waals surface area (Å²) in [7, 11) is 0. The van der Waals surface area contributed by atoms with Crippen molar-refractivity contribution in [3.8, 4) is 0 Å². The second-order valence-electron chi connectivity index (χ2n) is 11.7. The molecule has 0 aromatic carbocycles. The van der Waals surface area contributed by atoms with E-state index in [1.807, 2.05) is 0 Å². The Bertz CT molecular complexity index is 629. The van der Waals surface area contributed by atoms with Crippen LogP contribution in [0.15, 0.2) is 0 Å². The summed E-state index contributed by atoms with van der Waals surface area (Å²) in [5.41, 5.74) is 0. The van der Waals surface area contributed by atoms with E-state index < -0.39 is 11.6 Å². The average Bonchev–Trinajstić information content (AvgIpc) is 3.53. The van der Waals surface area contributed by atoms with Gasteiger partial charge in [0.25, 0.3) is 0 Å². The molecule has 0 N–H and O–H groups in total. The molecule has 5 atom stereocenters. The molecule has 3 aliphatic heterocycles. The van der Waals surface area contributed by atoms with Crippen LogP contribution >= 0.6 is 0 Å². The first-order valence-corrected chi connectivity index (χ1v) is 15.2. The Morgan fingerprint density at radius 1 is 0.657 bits per heavy atom. The molecule has 35 heavy (non-hydrogen) atoms. The van der Waals surface area contributed by atoms with Crippen LogP contribution in [0, 0.1) is 0 Å². The van der Waals surface area contributed by atoms with Gasteiger partial charge in [-0.05, 0) is 32.1 Å². The maximum absolute atomic E-state index is 6.63. The first kappa shape index (κ1) is 26.4. The SMILES string of the molecule is CCCCCCCCCCCOC1C(C2COC3(CCCCC3)O2)OC2OC3(CCCCC3)OC21. The Labute approximate surface area is 213 Å². The molecule has 3 saturated heterocycles.